The topological polar surface area (TPSA) is 84.3 Å². The van der Waals surface area contributed by atoms with Crippen LogP contribution in [0.15, 0.2) is 17.3 Å². The Hall–Kier alpha value is -1.52. The summed E-state index contributed by atoms with van der Waals surface area (Å²) in [6.07, 6.45) is 0.665. The highest BCUT2D eigenvalue weighted by Gasteiger charge is 2.01. The van der Waals surface area contributed by atoms with Crippen molar-refractivity contribution in [3.8, 4) is 0 Å². The molecule has 0 N–H and O–H groups in total. The van der Waals surface area contributed by atoms with Gasteiger partial charge in [0.2, 0.25) is 0 Å². The molecule has 6 nitrogen and oxygen atoms in total. The van der Waals surface area contributed by atoms with Crippen molar-refractivity contribution in [2.24, 2.45) is 5.11 Å². The van der Waals surface area contributed by atoms with Crippen molar-refractivity contribution in [3.05, 3.63) is 22.6 Å². The van der Waals surface area contributed by atoms with Crippen LogP contribution in [-0.2, 0) is 14.3 Å². The Kier molecular flexibility index (Phi) is 8.13. The van der Waals surface area contributed by atoms with Gasteiger partial charge in [0.25, 0.3) is 0 Å². The summed E-state index contributed by atoms with van der Waals surface area (Å²) >= 11 is 0. The number of carbonyl (C=O) groups is 1. The first-order valence-corrected chi connectivity index (χ1v) is 4.59. The number of hydrogen-bond donors (Lipinski definition) is 0. The number of ether oxygens (including phenoxy) is 2. The molecule has 0 rings (SSSR count). The number of hydrogen-bond acceptors (Lipinski definition) is 4. The van der Waals surface area contributed by atoms with Crippen LogP contribution in [0.2, 0.25) is 0 Å². The molecule has 0 spiro atoms. The fraction of sp³-hybridized carbons (Fsp3) is 0.667. The van der Waals surface area contributed by atoms with Gasteiger partial charge in [0.05, 0.1) is 6.61 Å². The number of carbonyl (C=O) groups excluding carboxylic acids is 1. The molecule has 0 aromatic heterocycles. The minimum Gasteiger partial charge on any atom is -0.460 e. The van der Waals surface area contributed by atoms with Gasteiger partial charge in [-0.25, -0.2) is 4.79 Å². The minimum absolute atomic E-state index is 0.215. The van der Waals surface area contributed by atoms with E-state index in [1.807, 2.05) is 0 Å². The molecule has 15 heavy (non-hydrogen) atoms. The quantitative estimate of drug-likeness (QED) is 0.154. The molecular weight excluding hydrogens is 198 g/mol. The van der Waals surface area contributed by atoms with Crippen molar-refractivity contribution in [2.45, 2.75) is 13.3 Å². The largest absolute Gasteiger partial charge is 0.460 e. The average molecular weight is 213 g/mol. The Morgan fingerprint density at radius 2 is 2.20 bits per heavy atom. The normalized spacial score (nSPS) is 9.13. The third-order valence-electron chi connectivity index (χ3n) is 1.42. The number of nitrogens with zero attached hydrogens (tertiary/aromatic N) is 3. The van der Waals surface area contributed by atoms with Gasteiger partial charge < -0.3 is 9.47 Å². The van der Waals surface area contributed by atoms with Gasteiger partial charge in [-0.15, -0.1) is 0 Å². The van der Waals surface area contributed by atoms with Crippen LogP contribution < -0.4 is 0 Å². The molecule has 0 radical (unpaired) electrons. The summed E-state index contributed by atoms with van der Waals surface area (Å²) in [5.74, 6) is -0.410. The molecule has 0 aromatic carbocycles. The fourth-order valence-electron chi connectivity index (χ4n) is 0.701. The van der Waals surface area contributed by atoms with Crippen LogP contribution in [0.1, 0.15) is 13.3 Å². The highest BCUT2D eigenvalue weighted by molar-refractivity contribution is 5.86. The van der Waals surface area contributed by atoms with E-state index in [1.54, 1.807) is 6.92 Å². The van der Waals surface area contributed by atoms with Crippen LogP contribution >= 0.6 is 0 Å². The van der Waals surface area contributed by atoms with E-state index in [2.05, 4.69) is 16.6 Å². The number of azide groups is 1. The summed E-state index contributed by atoms with van der Waals surface area (Å²) in [6, 6.07) is 0. The molecular formula is C9H15N3O3. The summed E-state index contributed by atoms with van der Waals surface area (Å²) in [5, 5.41) is 3.34. The minimum atomic E-state index is -0.410. The van der Waals surface area contributed by atoms with Gasteiger partial charge >= 0.3 is 5.97 Å². The van der Waals surface area contributed by atoms with E-state index in [9.17, 15) is 4.79 Å². The van der Waals surface area contributed by atoms with Crippen molar-refractivity contribution < 1.29 is 14.3 Å². The maximum atomic E-state index is 10.9. The van der Waals surface area contributed by atoms with Crippen molar-refractivity contribution in [1.29, 1.82) is 0 Å². The summed E-state index contributed by atoms with van der Waals surface area (Å²) in [6.45, 7) is 6.49. The van der Waals surface area contributed by atoms with Gasteiger partial charge in [-0.05, 0) is 18.9 Å². The standard InChI is InChI=1S/C9H15N3O3/c1-8(2)9(13)15-7-6-14-5-3-4-11-12-10/h1,3-7H2,2H3. The van der Waals surface area contributed by atoms with E-state index >= 15 is 0 Å². The van der Waals surface area contributed by atoms with E-state index in [1.165, 1.54) is 0 Å². The Labute approximate surface area is 88.5 Å². The predicted octanol–water partition coefficient (Wildman–Crippen LogP) is 1.82. The monoisotopic (exact) mass is 213 g/mol. The first-order chi connectivity index (χ1) is 7.18. The number of rotatable bonds is 8. The van der Waals surface area contributed by atoms with Gasteiger partial charge in [0.15, 0.2) is 0 Å². The smallest absolute Gasteiger partial charge is 0.333 e. The van der Waals surface area contributed by atoms with Crippen molar-refractivity contribution in [2.75, 3.05) is 26.4 Å². The molecule has 84 valence electrons. The maximum Gasteiger partial charge on any atom is 0.333 e. The van der Waals surface area contributed by atoms with E-state index in [0.717, 1.165) is 0 Å². The second-order valence-electron chi connectivity index (χ2n) is 2.84. The van der Waals surface area contributed by atoms with Crippen LogP contribution in [0, 0.1) is 0 Å². The molecule has 0 unspecified atom stereocenters. The van der Waals surface area contributed by atoms with E-state index in [-0.39, 0.29) is 6.61 Å². The third kappa shape index (κ3) is 8.80. The van der Waals surface area contributed by atoms with Gasteiger partial charge in [-0.3, -0.25) is 0 Å². The third-order valence-corrected chi connectivity index (χ3v) is 1.42. The highest BCUT2D eigenvalue weighted by Crippen LogP contribution is 1.92. The Morgan fingerprint density at radius 1 is 1.47 bits per heavy atom. The molecule has 0 aliphatic heterocycles. The lowest BCUT2D eigenvalue weighted by Crippen LogP contribution is -2.11. The van der Waals surface area contributed by atoms with Crippen LogP contribution in [0.5, 0.6) is 0 Å². The van der Waals surface area contributed by atoms with Gasteiger partial charge in [-0.1, -0.05) is 11.7 Å². The molecule has 0 heterocycles. The second kappa shape index (κ2) is 9.05. The van der Waals surface area contributed by atoms with E-state index < -0.39 is 5.97 Å². The van der Waals surface area contributed by atoms with Gasteiger partial charge in [-0.2, -0.15) is 0 Å². The Morgan fingerprint density at radius 3 is 2.80 bits per heavy atom. The fourth-order valence-corrected chi connectivity index (χ4v) is 0.701. The lowest BCUT2D eigenvalue weighted by atomic mass is 10.4. The lowest BCUT2D eigenvalue weighted by molar-refractivity contribution is -0.140. The summed E-state index contributed by atoms with van der Waals surface area (Å²) in [7, 11) is 0. The summed E-state index contributed by atoms with van der Waals surface area (Å²) < 4.78 is 9.91. The van der Waals surface area contributed by atoms with Crippen LogP contribution in [0.3, 0.4) is 0 Å². The second-order valence-corrected chi connectivity index (χ2v) is 2.84. The zero-order valence-electron chi connectivity index (χ0n) is 8.81. The molecule has 6 heteroatoms. The number of esters is 1. The van der Waals surface area contributed by atoms with Gasteiger partial charge in [0, 0.05) is 23.6 Å². The van der Waals surface area contributed by atoms with Crippen LogP contribution in [0.25, 0.3) is 10.4 Å². The van der Waals surface area contributed by atoms with Crippen molar-refractivity contribution >= 4 is 5.97 Å². The zero-order chi connectivity index (χ0) is 11.5. The van der Waals surface area contributed by atoms with E-state index in [0.29, 0.717) is 31.8 Å². The first-order valence-electron chi connectivity index (χ1n) is 4.59. The van der Waals surface area contributed by atoms with Crippen LogP contribution in [0.4, 0.5) is 0 Å². The summed E-state index contributed by atoms with van der Waals surface area (Å²) in [5.41, 5.74) is 8.35. The van der Waals surface area contributed by atoms with Gasteiger partial charge in [0.1, 0.15) is 6.61 Å². The van der Waals surface area contributed by atoms with E-state index in [4.69, 9.17) is 15.0 Å². The molecule has 0 saturated carbocycles. The first kappa shape index (κ1) is 13.5. The SMILES string of the molecule is C=C(C)C(=O)OCCOCCCN=[N+]=[N-]. The maximum absolute atomic E-state index is 10.9. The Bertz CT molecular complexity index is 259. The molecule has 0 atom stereocenters. The molecule has 0 aliphatic rings. The molecule has 0 saturated heterocycles. The molecule has 0 aromatic rings. The van der Waals surface area contributed by atoms with Crippen LogP contribution in [-0.4, -0.2) is 32.3 Å². The molecule has 0 aliphatic carbocycles. The van der Waals surface area contributed by atoms with Crippen molar-refractivity contribution in [3.63, 3.8) is 0 Å². The molecule has 0 bridgehead atoms. The lowest BCUT2D eigenvalue weighted by Gasteiger charge is -2.04. The molecule has 0 amide bonds. The Balaban J connectivity index is 3.21. The zero-order valence-corrected chi connectivity index (χ0v) is 8.81. The molecule has 0 fully saturated rings. The predicted molar refractivity (Wildman–Crippen MR) is 55.2 cm³/mol. The highest BCUT2D eigenvalue weighted by atomic mass is 16.6. The van der Waals surface area contributed by atoms with Crippen molar-refractivity contribution in [1.82, 2.24) is 0 Å². The summed E-state index contributed by atoms with van der Waals surface area (Å²) in [4.78, 5) is 13.5. The average Bonchev–Trinajstić information content (AvgIpc) is 2.21.